The van der Waals surface area contributed by atoms with E-state index in [0.717, 1.165) is 30.9 Å². The molecule has 1 aliphatic rings. The first-order valence-corrected chi connectivity index (χ1v) is 8.44. The zero-order valence-corrected chi connectivity index (χ0v) is 13.9. The Hall–Kier alpha value is -3.14. The van der Waals surface area contributed by atoms with Crippen molar-refractivity contribution in [3.63, 3.8) is 0 Å². The Morgan fingerprint density at radius 3 is 2.52 bits per heavy atom. The van der Waals surface area contributed by atoms with Crippen molar-refractivity contribution in [3.05, 3.63) is 89.7 Å². The summed E-state index contributed by atoms with van der Waals surface area (Å²) in [5.41, 5.74) is 5.04. The third-order valence-electron chi connectivity index (χ3n) is 4.52. The van der Waals surface area contributed by atoms with Crippen LogP contribution in [-0.4, -0.2) is 17.4 Å². The van der Waals surface area contributed by atoms with Crippen LogP contribution in [-0.2, 0) is 13.0 Å². The van der Waals surface area contributed by atoms with Crippen LogP contribution < -0.4 is 10.2 Å². The number of nitrogens with one attached hydrogen (secondary N) is 1. The predicted molar refractivity (Wildman–Crippen MR) is 99.8 cm³/mol. The summed E-state index contributed by atoms with van der Waals surface area (Å²) in [7, 11) is 0. The molecular formula is C21H19N3O. The molecular weight excluding hydrogens is 310 g/mol. The fourth-order valence-corrected chi connectivity index (χ4v) is 3.24. The van der Waals surface area contributed by atoms with E-state index < -0.39 is 0 Å². The molecule has 0 radical (unpaired) electrons. The maximum atomic E-state index is 12.5. The van der Waals surface area contributed by atoms with Crippen LogP contribution in [0.3, 0.4) is 0 Å². The molecule has 0 bridgehead atoms. The van der Waals surface area contributed by atoms with E-state index in [2.05, 4.69) is 45.5 Å². The van der Waals surface area contributed by atoms with Gasteiger partial charge in [-0.3, -0.25) is 9.78 Å². The number of carbonyl (C=O) groups is 1. The molecule has 4 nitrogen and oxygen atoms in total. The summed E-state index contributed by atoms with van der Waals surface area (Å²) in [5, 5.41) is 3.00. The van der Waals surface area contributed by atoms with Crippen LogP contribution in [0.5, 0.6) is 0 Å². The summed E-state index contributed by atoms with van der Waals surface area (Å²) in [6, 6.07) is 21.8. The van der Waals surface area contributed by atoms with Crippen molar-refractivity contribution < 1.29 is 4.79 Å². The minimum Gasteiger partial charge on any atom is -0.365 e. The summed E-state index contributed by atoms with van der Waals surface area (Å²) in [6.07, 6.45) is 2.64. The molecule has 0 atom stereocenters. The van der Waals surface area contributed by atoms with Gasteiger partial charge in [0.15, 0.2) is 0 Å². The summed E-state index contributed by atoms with van der Waals surface area (Å²) in [6.45, 7) is 1.79. The van der Waals surface area contributed by atoms with E-state index in [0.29, 0.717) is 5.69 Å². The van der Waals surface area contributed by atoms with E-state index in [4.69, 9.17) is 0 Å². The van der Waals surface area contributed by atoms with Gasteiger partial charge in [0.1, 0.15) is 5.69 Å². The molecule has 1 amide bonds. The van der Waals surface area contributed by atoms with Crippen molar-refractivity contribution in [1.82, 2.24) is 4.98 Å². The van der Waals surface area contributed by atoms with Crippen molar-refractivity contribution >= 4 is 17.3 Å². The van der Waals surface area contributed by atoms with Crippen molar-refractivity contribution in [2.24, 2.45) is 0 Å². The summed E-state index contributed by atoms with van der Waals surface area (Å²) < 4.78 is 0. The molecule has 0 aliphatic carbocycles. The highest BCUT2D eigenvalue weighted by atomic mass is 16.1. The highest BCUT2D eigenvalue weighted by Crippen LogP contribution is 2.30. The maximum absolute atomic E-state index is 12.5. The number of para-hydroxylation sites is 2. The highest BCUT2D eigenvalue weighted by Gasteiger charge is 2.19. The number of pyridine rings is 1. The predicted octanol–water partition coefficient (Wildman–Crippen LogP) is 3.90. The highest BCUT2D eigenvalue weighted by molar-refractivity contribution is 6.04. The molecule has 124 valence electrons. The summed E-state index contributed by atoms with van der Waals surface area (Å²) in [4.78, 5) is 18.9. The van der Waals surface area contributed by atoms with Crippen LogP contribution in [0.2, 0.25) is 0 Å². The Labute approximate surface area is 147 Å². The second-order valence-corrected chi connectivity index (χ2v) is 6.13. The van der Waals surface area contributed by atoms with Gasteiger partial charge >= 0.3 is 0 Å². The molecule has 0 saturated heterocycles. The molecule has 3 aromatic rings. The molecule has 1 aliphatic heterocycles. The molecule has 4 heteroatoms. The van der Waals surface area contributed by atoms with Crippen molar-refractivity contribution in [1.29, 1.82) is 0 Å². The van der Waals surface area contributed by atoms with Gasteiger partial charge in [0.25, 0.3) is 5.91 Å². The third kappa shape index (κ3) is 3.24. The van der Waals surface area contributed by atoms with E-state index in [1.807, 2.05) is 24.3 Å². The number of nitrogens with zero attached hydrogens (tertiary/aromatic N) is 2. The Bertz CT molecular complexity index is 892. The van der Waals surface area contributed by atoms with Crippen molar-refractivity contribution in [3.8, 4) is 0 Å². The minimum absolute atomic E-state index is 0.189. The van der Waals surface area contributed by atoms with Crippen LogP contribution in [0.15, 0.2) is 72.9 Å². The average molecular weight is 329 g/mol. The average Bonchev–Trinajstić information content (AvgIpc) is 2.69. The lowest BCUT2D eigenvalue weighted by Crippen LogP contribution is -2.31. The molecule has 1 aromatic heterocycles. The number of anilines is 2. The van der Waals surface area contributed by atoms with E-state index in [-0.39, 0.29) is 5.91 Å². The normalized spacial score (nSPS) is 13.2. The first-order chi connectivity index (χ1) is 12.3. The lowest BCUT2D eigenvalue weighted by atomic mass is 9.99. The largest absolute Gasteiger partial charge is 0.365 e. The molecule has 0 fully saturated rings. The summed E-state index contributed by atoms with van der Waals surface area (Å²) >= 11 is 0. The molecule has 0 saturated carbocycles. The number of amides is 1. The quantitative estimate of drug-likeness (QED) is 0.793. The van der Waals surface area contributed by atoms with Crippen LogP contribution in [0.1, 0.15) is 21.6 Å². The Kier molecular flexibility index (Phi) is 4.17. The first kappa shape index (κ1) is 15.4. The summed E-state index contributed by atoms with van der Waals surface area (Å²) in [5.74, 6) is -0.189. The molecule has 1 N–H and O–H groups in total. The number of aromatic nitrogens is 1. The van der Waals surface area contributed by atoms with E-state index in [1.54, 1.807) is 18.3 Å². The van der Waals surface area contributed by atoms with Gasteiger partial charge in [0, 0.05) is 19.3 Å². The van der Waals surface area contributed by atoms with Gasteiger partial charge in [-0.25, -0.2) is 0 Å². The van der Waals surface area contributed by atoms with Crippen LogP contribution in [0.25, 0.3) is 0 Å². The first-order valence-electron chi connectivity index (χ1n) is 8.44. The SMILES string of the molecule is O=C(Nc1ccccc1N1CCc2ccccc2C1)c1ccccn1. The zero-order valence-electron chi connectivity index (χ0n) is 13.9. The Balaban J connectivity index is 1.59. The van der Waals surface area contributed by atoms with Gasteiger partial charge in [-0.1, -0.05) is 42.5 Å². The molecule has 2 heterocycles. The van der Waals surface area contributed by atoms with Gasteiger partial charge in [-0.15, -0.1) is 0 Å². The van der Waals surface area contributed by atoms with Crippen LogP contribution >= 0.6 is 0 Å². The number of rotatable bonds is 3. The van der Waals surface area contributed by atoms with Gasteiger partial charge < -0.3 is 10.2 Å². The van der Waals surface area contributed by atoms with Gasteiger partial charge in [-0.2, -0.15) is 0 Å². The monoisotopic (exact) mass is 329 g/mol. The topological polar surface area (TPSA) is 45.2 Å². The molecule has 0 unspecified atom stereocenters. The Morgan fingerprint density at radius 1 is 0.920 bits per heavy atom. The number of fused-ring (bicyclic) bond motifs is 1. The number of carbonyl (C=O) groups excluding carboxylic acids is 1. The molecule has 0 spiro atoms. The van der Waals surface area contributed by atoms with Gasteiger partial charge in [0.05, 0.1) is 11.4 Å². The molecule has 4 rings (SSSR count). The van der Waals surface area contributed by atoms with Crippen molar-refractivity contribution in [2.45, 2.75) is 13.0 Å². The number of hydrogen-bond donors (Lipinski definition) is 1. The second-order valence-electron chi connectivity index (χ2n) is 6.13. The fourth-order valence-electron chi connectivity index (χ4n) is 3.24. The zero-order chi connectivity index (χ0) is 17.1. The number of benzene rings is 2. The van der Waals surface area contributed by atoms with Crippen LogP contribution in [0.4, 0.5) is 11.4 Å². The van der Waals surface area contributed by atoms with Gasteiger partial charge in [0.2, 0.25) is 0 Å². The minimum atomic E-state index is -0.189. The third-order valence-corrected chi connectivity index (χ3v) is 4.52. The van der Waals surface area contributed by atoms with Crippen LogP contribution in [0, 0.1) is 0 Å². The van der Waals surface area contributed by atoms with Gasteiger partial charge in [-0.05, 0) is 41.8 Å². The molecule has 2 aromatic carbocycles. The molecule has 25 heavy (non-hydrogen) atoms. The maximum Gasteiger partial charge on any atom is 0.274 e. The Morgan fingerprint density at radius 2 is 1.68 bits per heavy atom. The number of hydrogen-bond acceptors (Lipinski definition) is 3. The second kappa shape index (κ2) is 6.77. The smallest absolute Gasteiger partial charge is 0.274 e. The van der Waals surface area contributed by atoms with E-state index >= 15 is 0 Å². The lowest BCUT2D eigenvalue weighted by Gasteiger charge is -2.32. The fraction of sp³-hybridized carbons (Fsp3) is 0.143. The van der Waals surface area contributed by atoms with Crippen molar-refractivity contribution in [2.75, 3.05) is 16.8 Å². The lowest BCUT2D eigenvalue weighted by molar-refractivity contribution is 0.102. The van der Waals surface area contributed by atoms with E-state index in [9.17, 15) is 4.79 Å². The van der Waals surface area contributed by atoms with E-state index in [1.165, 1.54) is 11.1 Å². The standard InChI is InChI=1S/C21H19N3O/c25-21(19-10-5-6-13-22-19)23-18-9-3-4-11-20(18)24-14-12-16-7-1-2-8-17(16)15-24/h1-11,13H,12,14-15H2,(H,23,25).